The highest BCUT2D eigenvalue weighted by Gasteiger charge is 1.96. The average molecular weight is 159 g/mol. The molecule has 57 valence electrons. The summed E-state index contributed by atoms with van der Waals surface area (Å²) < 4.78 is 0. The molecule has 0 bridgehead atoms. The molecular weight excluding hydrogens is 148 g/mol. The summed E-state index contributed by atoms with van der Waals surface area (Å²) in [5.74, 6) is 0.0292. The monoisotopic (exact) mass is 159 g/mol. The second kappa shape index (κ2) is 5.35. The fourth-order valence-corrected chi connectivity index (χ4v) is 0.953. The molecule has 0 aromatic rings. The first-order valence-electron chi connectivity index (χ1n) is 2.99. The molecular formula is C7H11O2S. The van der Waals surface area contributed by atoms with E-state index in [1.807, 2.05) is 0 Å². The van der Waals surface area contributed by atoms with E-state index >= 15 is 0 Å². The Bertz CT molecular complexity index is 141. The van der Waals surface area contributed by atoms with Crippen LogP contribution in [0, 0.1) is 6.92 Å². The van der Waals surface area contributed by atoms with E-state index in [0.717, 1.165) is 12.2 Å². The molecule has 0 fully saturated rings. The number of aliphatic carboxylic acids is 1. The summed E-state index contributed by atoms with van der Waals surface area (Å²) >= 11 is 1.48. The van der Waals surface area contributed by atoms with Gasteiger partial charge in [-0.25, -0.2) is 4.79 Å². The third-order valence-corrected chi connectivity index (χ3v) is 1.90. The van der Waals surface area contributed by atoms with Gasteiger partial charge in [-0.1, -0.05) is 6.92 Å². The molecule has 0 aliphatic heterocycles. The lowest BCUT2D eigenvalue weighted by atomic mass is 10.4. The number of carboxylic acid groups (broad SMARTS) is 1. The lowest BCUT2D eigenvalue weighted by molar-refractivity contribution is -0.132. The van der Waals surface area contributed by atoms with Crippen molar-refractivity contribution in [1.29, 1.82) is 0 Å². The van der Waals surface area contributed by atoms with Gasteiger partial charge in [0.05, 0.1) is 0 Å². The van der Waals surface area contributed by atoms with Gasteiger partial charge in [-0.3, -0.25) is 0 Å². The van der Waals surface area contributed by atoms with Gasteiger partial charge in [0.1, 0.15) is 0 Å². The van der Waals surface area contributed by atoms with E-state index in [2.05, 4.69) is 6.92 Å². The van der Waals surface area contributed by atoms with Crippen LogP contribution in [0.5, 0.6) is 0 Å². The first-order valence-corrected chi connectivity index (χ1v) is 4.04. The Balaban J connectivity index is 3.58. The van der Waals surface area contributed by atoms with Gasteiger partial charge in [-0.2, -0.15) is 0 Å². The Morgan fingerprint density at radius 2 is 2.40 bits per heavy atom. The predicted octanol–water partition coefficient (Wildman–Crippen LogP) is 1.93. The smallest absolute Gasteiger partial charge is 0.331 e. The molecule has 2 nitrogen and oxygen atoms in total. The second-order valence-corrected chi connectivity index (χ2v) is 2.81. The topological polar surface area (TPSA) is 37.3 Å². The van der Waals surface area contributed by atoms with Crippen molar-refractivity contribution in [3.8, 4) is 0 Å². The molecule has 3 heteroatoms. The zero-order valence-electron chi connectivity index (χ0n) is 5.96. The van der Waals surface area contributed by atoms with E-state index in [0.29, 0.717) is 5.57 Å². The third-order valence-electron chi connectivity index (χ3n) is 0.860. The molecule has 0 atom stereocenters. The van der Waals surface area contributed by atoms with E-state index in [-0.39, 0.29) is 0 Å². The summed E-state index contributed by atoms with van der Waals surface area (Å²) in [7, 11) is 0. The number of carbonyl (C=O) groups is 1. The van der Waals surface area contributed by atoms with Crippen LogP contribution < -0.4 is 0 Å². The van der Waals surface area contributed by atoms with Crippen molar-refractivity contribution in [2.45, 2.75) is 13.3 Å². The highest BCUT2D eigenvalue weighted by molar-refractivity contribution is 8.02. The summed E-state index contributed by atoms with van der Waals surface area (Å²) in [6, 6.07) is 0. The fourth-order valence-electron chi connectivity index (χ4n) is 0.318. The Hall–Kier alpha value is -0.440. The lowest BCUT2D eigenvalue weighted by Gasteiger charge is -1.91. The molecule has 0 spiro atoms. The minimum atomic E-state index is -0.850. The highest BCUT2D eigenvalue weighted by Crippen LogP contribution is 2.07. The van der Waals surface area contributed by atoms with Crippen LogP contribution in [-0.2, 0) is 4.79 Å². The van der Waals surface area contributed by atoms with Gasteiger partial charge in [-0.15, -0.1) is 11.8 Å². The molecule has 10 heavy (non-hydrogen) atoms. The van der Waals surface area contributed by atoms with Crippen LogP contribution in [0.4, 0.5) is 0 Å². The van der Waals surface area contributed by atoms with Gasteiger partial charge >= 0.3 is 5.97 Å². The Morgan fingerprint density at radius 1 is 1.80 bits per heavy atom. The maximum atomic E-state index is 10.2. The van der Waals surface area contributed by atoms with Crippen molar-refractivity contribution >= 4 is 17.7 Å². The lowest BCUT2D eigenvalue weighted by Crippen LogP contribution is -1.94. The number of thioether (sulfide) groups is 1. The Morgan fingerprint density at radius 3 is 2.80 bits per heavy atom. The second-order valence-electron chi connectivity index (χ2n) is 1.83. The van der Waals surface area contributed by atoms with Crippen LogP contribution in [0.3, 0.4) is 0 Å². The van der Waals surface area contributed by atoms with Crippen molar-refractivity contribution < 1.29 is 9.90 Å². The Labute approximate surface area is 65.3 Å². The normalized spacial score (nSPS) is 11.6. The van der Waals surface area contributed by atoms with Crippen molar-refractivity contribution in [2.24, 2.45) is 0 Å². The molecule has 0 amide bonds. The quantitative estimate of drug-likeness (QED) is 0.503. The summed E-state index contributed by atoms with van der Waals surface area (Å²) in [5.41, 5.74) is 0.387. The van der Waals surface area contributed by atoms with E-state index < -0.39 is 5.97 Å². The molecule has 0 saturated heterocycles. The van der Waals surface area contributed by atoms with Crippen LogP contribution in [-0.4, -0.2) is 16.8 Å². The first-order chi connectivity index (χ1) is 4.68. The number of carboxylic acids is 1. The van der Waals surface area contributed by atoms with E-state index in [4.69, 9.17) is 5.11 Å². The molecule has 0 aliphatic rings. The standard InChI is InChI=1S/C7H11O2S/c1-3-4-10-5-6(2)7(8)9/h5H,1,3-4H2,2H3,(H,8,9). The molecule has 0 aliphatic carbocycles. The van der Waals surface area contributed by atoms with E-state index in [1.54, 1.807) is 12.3 Å². The van der Waals surface area contributed by atoms with Gasteiger partial charge in [-0.05, 0) is 24.5 Å². The van der Waals surface area contributed by atoms with Crippen molar-refractivity contribution in [3.63, 3.8) is 0 Å². The highest BCUT2D eigenvalue weighted by atomic mass is 32.2. The minimum absolute atomic E-state index is 0.387. The minimum Gasteiger partial charge on any atom is -0.478 e. The van der Waals surface area contributed by atoms with Crippen LogP contribution in [0.15, 0.2) is 11.0 Å². The summed E-state index contributed by atoms with van der Waals surface area (Å²) in [5, 5.41) is 10.0. The number of hydrogen-bond acceptors (Lipinski definition) is 2. The largest absolute Gasteiger partial charge is 0.478 e. The van der Waals surface area contributed by atoms with E-state index in [9.17, 15) is 4.79 Å². The fraction of sp³-hybridized carbons (Fsp3) is 0.429. The number of hydrogen-bond donors (Lipinski definition) is 1. The first kappa shape index (κ1) is 9.56. The SMILES string of the molecule is [CH2]CCSC=C(C)C(=O)O. The maximum Gasteiger partial charge on any atom is 0.331 e. The molecule has 0 saturated carbocycles. The van der Waals surface area contributed by atoms with Gasteiger partial charge in [0.25, 0.3) is 0 Å². The van der Waals surface area contributed by atoms with E-state index in [1.165, 1.54) is 11.8 Å². The summed E-state index contributed by atoms with van der Waals surface area (Å²) in [4.78, 5) is 10.2. The van der Waals surface area contributed by atoms with Gasteiger partial charge < -0.3 is 5.11 Å². The summed E-state index contributed by atoms with van der Waals surface area (Å²) in [6.45, 7) is 5.21. The van der Waals surface area contributed by atoms with Crippen LogP contribution in [0.1, 0.15) is 13.3 Å². The average Bonchev–Trinajstić information content (AvgIpc) is 1.88. The van der Waals surface area contributed by atoms with Crippen LogP contribution >= 0.6 is 11.8 Å². The van der Waals surface area contributed by atoms with Crippen molar-refractivity contribution in [3.05, 3.63) is 17.9 Å². The van der Waals surface area contributed by atoms with Gasteiger partial charge in [0.15, 0.2) is 0 Å². The molecule has 1 N–H and O–H groups in total. The van der Waals surface area contributed by atoms with Gasteiger partial charge in [0, 0.05) is 5.57 Å². The molecule has 0 aromatic carbocycles. The molecule has 0 unspecified atom stereocenters. The zero-order valence-corrected chi connectivity index (χ0v) is 6.78. The van der Waals surface area contributed by atoms with Crippen LogP contribution in [0.25, 0.3) is 0 Å². The maximum absolute atomic E-state index is 10.2. The summed E-state index contributed by atoms with van der Waals surface area (Å²) in [6.07, 6.45) is 0.827. The van der Waals surface area contributed by atoms with Gasteiger partial charge in [0.2, 0.25) is 0 Å². The molecule has 0 rings (SSSR count). The zero-order chi connectivity index (χ0) is 7.98. The number of rotatable bonds is 4. The molecule has 1 radical (unpaired) electrons. The molecule has 0 aromatic heterocycles. The third kappa shape index (κ3) is 4.44. The van der Waals surface area contributed by atoms with Crippen molar-refractivity contribution in [2.75, 3.05) is 5.75 Å². The Kier molecular flexibility index (Phi) is 5.12. The van der Waals surface area contributed by atoms with Crippen molar-refractivity contribution in [1.82, 2.24) is 0 Å². The van der Waals surface area contributed by atoms with Crippen LogP contribution in [0.2, 0.25) is 0 Å². The molecule has 0 heterocycles. The predicted molar refractivity (Wildman–Crippen MR) is 43.8 cm³/mol.